The van der Waals surface area contributed by atoms with Crippen LogP contribution in [-0.4, -0.2) is 17.6 Å². The zero-order valence-electron chi connectivity index (χ0n) is 20.5. The van der Waals surface area contributed by atoms with Crippen LogP contribution in [0.4, 0.5) is 0 Å². The highest BCUT2D eigenvalue weighted by Gasteiger charge is 2.33. The van der Waals surface area contributed by atoms with Gasteiger partial charge in [0.05, 0.1) is 29.0 Å². The Morgan fingerprint density at radius 1 is 1.00 bits per heavy atom. The van der Waals surface area contributed by atoms with Crippen molar-refractivity contribution < 1.29 is 9.53 Å². The maximum atomic E-state index is 13.6. The summed E-state index contributed by atoms with van der Waals surface area (Å²) in [5, 5.41) is 0. The van der Waals surface area contributed by atoms with Crippen molar-refractivity contribution in [2.24, 2.45) is 4.99 Å². The van der Waals surface area contributed by atoms with Crippen LogP contribution in [-0.2, 0) is 9.53 Å². The monoisotopic (exact) mass is 474 g/mol. The molecule has 1 aromatic heterocycles. The molecule has 5 nitrogen and oxygen atoms in total. The number of rotatable bonds is 5. The number of methoxy groups -OCH3 is 1. The zero-order chi connectivity index (χ0) is 24.6. The Labute approximate surface area is 203 Å². The standard InChI is InChI=1S/C28H30N2O3S/c1-16(2)20-9-7-19(8-10-20)15-23-26(31)30-25(22-13-11-21(12-14-22)17(3)4)24(27(32)33-6)18(5)29-28(30)34-23/h7-17,25H,1-6H3/b23-15-/t25-/m0/s1. The van der Waals surface area contributed by atoms with Crippen LogP contribution in [0.25, 0.3) is 6.08 Å². The normalized spacial score (nSPS) is 16.1. The fourth-order valence-electron chi connectivity index (χ4n) is 4.20. The molecule has 176 valence electrons. The van der Waals surface area contributed by atoms with Gasteiger partial charge in [0.15, 0.2) is 4.80 Å². The Morgan fingerprint density at radius 2 is 1.56 bits per heavy atom. The van der Waals surface area contributed by atoms with Crippen molar-refractivity contribution in [1.29, 1.82) is 0 Å². The summed E-state index contributed by atoms with van der Waals surface area (Å²) in [6.45, 7) is 10.4. The molecule has 0 saturated heterocycles. The topological polar surface area (TPSA) is 60.7 Å². The third-order valence-corrected chi connectivity index (χ3v) is 7.23. The summed E-state index contributed by atoms with van der Waals surface area (Å²) in [6.07, 6.45) is 1.89. The molecule has 0 bridgehead atoms. The van der Waals surface area contributed by atoms with Crippen LogP contribution in [0.2, 0.25) is 0 Å². The molecule has 0 aliphatic carbocycles. The summed E-state index contributed by atoms with van der Waals surface area (Å²) < 4.78 is 7.29. The number of hydrogen-bond acceptors (Lipinski definition) is 5. The van der Waals surface area contributed by atoms with Crippen molar-refractivity contribution in [3.05, 3.63) is 102 Å². The van der Waals surface area contributed by atoms with Crippen molar-refractivity contribution in [3.63, 3.8) is 0 Å². The van der Waals surface area contributed by atoms with E-state index in [1.165, 1.54) is 29.6 Å². The molecule has 2 aromatic carbocycles. The van der Waals surface area contributed by atoms with Gasteiger partial charge in [-0.1, -0.05) is 87.6 Å². The summed E-state index contributed by atoms with van der Waals surface area (Å²) in [6, 6.07) is 15.7. The second-order valence-corrected chi connectivity index (χ2v) is 10.2. The van der Waals surface area contributed by atoms with E-state index in [0.29, 0.717) is 32.4 Å². The Balaban J connectivity index is 1.89. The van der Waals surface area contributed by atoms with Gasteiger partial charge in [0, 0.05) is 0 Å². The van der Waals surface area contributed by atoms with Crippen LogP contribution in [0.1, 0.15) is 74.8 Å². The van der Waals surface area contributed by atoms with Crippen LogP contribution in [0.3, 0.4) is 0 Å². The van der Waals surface area contributed by atoms with E-state index in [1.54, 1.807) is 11.5 Å². The largest absolute Gasteiger partial charge is 0.466 e. The van der Waals surface area contributed by atoms with Gasteiger partial charge in [-0.25, -0.2) is 9.79 Å². The number of allylic oxidation sites excluding steroid dienone is 1. The second kappa shape index (κ2) is 9.55. The third kappa shape index (κ3) is 4.42. The van der Waals surface area contributed by atoms with Gasteiger partial charge in [-0.05, 0) is 47.1 Å². The van der Waals surface area contributed by atoms with Crippen LogP contribution in [0, 0.1) is 0 Å². The van der Waals surface area contributed by atoms with E-state index in [2.05, 4.69) is 57.0 Å². The summed E-state index contributed by atoms with van der Waals surface area (Å²) in [5.74, 6) is 0.356. The number of carbonyl (C=O) groups is 1. The number of fused-ring (bicyclic) bond motifs is 1. The molecule has 1 aliphatic rings. The van der Waals surface area contributed by atoms with E-state index in [-0.39, 0.29) is 5.56 Å². The molecule has 1 aliphatic heterocycles. The SMILES string of the molecule is COC(=O)C1=C(C)N=c2s/c(=C\c3ccc(C(C)C)cc3)c(=O)n2[C@H]1c1ccc(C(C)C)cc1. The Morgan fingerprint density at radius 3 is 2.09 bits per heavy atom. The van der Waals surface area contributed by atoms with E-state index in [9.17, 15) is 9.59 Å². The fraction of sp³-hybridized carbons (Fsp3) is 0.321. The zero-order valence-corrected chi connectivity index (χ0v) is 21.3. The number of ether oxygens (including phenoxy) is 1. The minimum atomic E-state index is -0.588. The van der Waals surface area contributed by atoms with Crippen molar-refractivity contribution in [2.45, 2.75) is 52.5 Å². The number of thiazole rings is 1. The van der Waals surface area contributed by atoms with E-state index in [0.717, 1.165) is 11.1 Å². The number of benzene rings is 2. The molecule has 0 fully saturated rings. The first-order valence-corrected chi connectivity index (χ1v) is 12.3. The summed E-state index contributed by atoms with van der Waals surface area (Å²) in [7, 11) is 1.35. The lowest BCUT2D eigenvalue weighted by molar-refractivity contribution is -0.136. The number of esters is 1. The number of aromatic nitrogens is 1. The van der Waals surface area contributed by atoms with Crippen molar-refractivity contribution in [1.82, 2.24) is 4.57 Å². The third-order valence-electron chi connectivity index (χ3n) is 6.25. The molecule has 0 amide bonds. The molecule has 6 heteroatoms. The van der Waals surface area contributed by atoms with Gasteiger partial charge >= 0.3 is 5.97 Å². The van der Waals surface area contributed by atoms with Crippen molar-refractivity contribution in [3.8, 4) is 0 Å². The van der Waals surface area contributed by atoms with E-state index < -0.39 is 12.0 Å². The van der Waals surface area contributed by atoms with Gasteiger partial charge in [-0.2, -0.15) is 0 Å². The van der Waals surface area contributed by atoms with Crippen LogP contribution < -0.4 is 14.9 Å². The molecule has 4 rings (SSSR count). The molecular formula is C28H30N2O3S. The summed E-state index contributed by atoms with van der Waals surface area (Å²) in [4.78, 5) is 31.6. The van der Waals surface area contributed by atoms with Gasteiger partial charge in [0.1, 0.15) is 0 Å². The minimum absolute atomic E-state index is 0.163. The van der Waals surface area contributed by atoms with E-state index in [4.69, 9.17) is 4.74 Å². The quantitative estimate of drug-likeness (QED) is 0.506. The highest BCUT2D eigenvalue weighted by atomic mass is 32.1. The lowest BCUT2D eigenvalue weighted by Crippen LogP contribution is -2.39. The number of carbonyl (C=O) groups excluding carboxylic acids is 1. The Kier molecular flexibility index (Phi) is 6.71. The first-order chi connectivity index (χ1) is 16.2. The Bertz CT molecular complexity index is 1420. The first-order valence-electron chi connectivity index (χ1n) is 11.5. The van der Waals surface area contributed by atoms with E-state index >= 15 is 0 Å². The highest BCUT2D eigenvalue weighted by molar-refractivity contribution is 7.07. The predicted molar refractivity (Wildman–Crippen MR) is 137 cm³/mol. The molecule has 0 N–H and O–H groups in total. The van der Waals surface area contributed by atoms with Gasteiger partial charge in [0.25, 0.3) is 5.56 Å². The van der Waals surface area contributed by atoms with Gasteiger partial charge in [0.2, 0.25) is 0 Å². The van der Waals surface area contributed by atoms with Crippen molar-refractivity contribution >= 4 is 23.4 Å². The molecule has 1 atom stereocenters. The van der Waals surface area contributed by atoms with E-state index in [1.807, 2.05) is 30.3 Å². The summed E-state index contributed by atoms with van der Waals surface area (Å²) in [5.41, 5.74) is 5.05. The maximum Gasteiger partial charge on any atom is 0.338 e. The highest BCUT2D eigenvalue weighted by Crippen LogP contribution is 2.31. The fourth-order valence-corrected chi connectivity index (χ4v) is 5.25. The molecule has 34 heavy (non-hydrogen) atoms. The molecule has 0 unspecified atom stereocenters. The number of nitrogens with zero attached hydrogens (tertiary/aromatic N) is 2. The Hall–Kier alpha value is -3.25. The van der Waals surface area contributed by atoms with Crippen LogP contribution in [0.15, 0.2) is 69.6 Å². The second-order valence-electron chi connectivity index (χ2n) is 9.22. The predicted octanol–water partition coefficient (Wildman–Crippen LogP) is 4.66. The minimum Gasteiger partial charge on any atom is -0.466 e. The molecule has 2 heterocycles. The first kappa shape index (κ1) is 23.9. The molecular weight excluding hydrogens is 444 g/mol. The molecule has 0 spiro atoms. The summed E-state index contributed by atoms with van der Waals surface area (Å²) >= 11 is 1.34. The maximum absolute atomic E-state index is 13.6. The van der Waals surface area contributed by atoms with Crippen LogP contribution in [0.5, 0.6) is 0 Å². The lowest BCUT2D eigenvalue weighted by Gasteiger charge is -2.24. The molecule has 0 radical (unpaired) electrons. The van der Waals surface area contributed by atoms with Gasteiger partial charge < -0.3 is 4.74 Å². The number of hydrogen-bond donors (Lipinski definition) is 0. The average Bonchev–Trinajstić information content (AvgIpc) is 3.12. The molecule has 3 aromatic rings. The van der Waals surface area contributed by atoms with Gasteiger partial charge in [-0.15, -0.1) is 0 Å². The average molecular weight is 475 g/mol. The van der Waals surface area contributed by atoms with Gasteiger partial charge in [-0.3, -0.25) is 9.36 Å². The molecule has 0 saturated carbocycles. The smallest absolute Gasteiger partial charge is 0.338 e. The van der Waals surface area contributed by atoms with Crippen LogP contribution >= 0.6 is 11.3 Å². The lowest BCUT2D eigenvalue weighted by atomic mass is 9.93. The van der Waals surface area contributed by atoms with Crippen molar-refractivity contribution in [2.75, 3.05) is 7.11 Å².